The Morgan fingerprint density at radius 3 is 2.59 bits per heavy atom. The zero-order chi connectivity index (χ0) is 21.0. The standard InChI is InChI=1S/C24H31NO4/c1-4-5-6-9-17-14-21(26)22(18-10-7-8-16(2)13-18)23(27)20(17)15-25(19-11-12-19)24(28)29-3/h7-8,10,13-14,19,26-27H,4-6,9,11-12,15H2,1-3H3. The SMILES string of the molecule is CCCCCc1cc(O)c(-c2cccc(C)c2)c(O)c1CN(C(=O)OC)C1CC1. The van der Waals surface area contributed by atoms with E-state index in [1.165, 1.54) is 7.11 Å². The first kappa shape index (κ1) is 21.0. The molecule has 156 valence electrons. The van der Waals surface area contributed by atoms with E-state index in [0.717, 1.165) is 55.2 Å². The van der Waals surface area contributed by atoms with E-state index < -0.39 is 0 Å². The largest absolute Gasteiger partial charge is 0.507 e. The summed E-state index contributed by atoms with van der Waals surface area (Å²) in [6, 6.07) is 9.61. The van der Waals surface area contributed by atoms with Crippen LogP contribution in [0.4, 0.5) is 4.79 Å². The lowest BCUT2D eigenvalue weighted by molar-refractivity contribution is 0.117. The van der Waals surface area contributed by atoms with Crippen molar-refractivity contribution in [3.05, 3.63) is 47.0 Å². The molecule has 1 saturated carbocycles. The number of hydrogen-bond donors (Lipinski definition) is 2. The molecule has 0 aliphatic heterocycles. The van der Waals surface area contributed by atoms with Crippen molar-refractivity contribution in [2.75, 3.05) is 7.11 Å². The van der Waals surface area contributed by atoms with Crippen LogP contribution >= 0.6 is 0 Å². The Morgan fingerprint density at radius 2 is 1.97 bits per heavy atom. The minimum atomic E-state index is -0.378. The third-order valence-corrected chi connectivity index (χ3v) is 5.56. The molecule has 0 aromatic heterocycles. The number of ether oxygens (including phenoxy) is 1. The molecule has 0 saturated heterocycles. The summed E-state index contributed by atoms with van der Waals surface area (Å²) in [6.45, 7) is 4.40. The van der Waals surface area contributed by atoms with Crippen LogP contribution in [-0.2, 0) is 17.7 Å². The van der Waals surface area contributed by atoms with Gasteiger partial charge in [-0.3, -0.25) is 0 Å². The summed E-state index contributed by atoms with van der Waals surface area (Å²) in [5.74, 6) is 0.121. The minimum Gasteiger partial charge on any atom is -0.507 e. The van der Waals surface area contributed by atoms with E-state index in [-0.39, 0.29) is 30.2 Å². The van der Waals surface area contributed by atoms with Gasteiger partial charge in [-0.2, -0.15) is 0 Å². The average molecular weight is 398 g/mol. The number of nitrogens with zero attached hydrogens (tertiary/aromatic N) is 1. The van der Waals surface area contributed by atoms with Crippen molar-refractivity contribution >= 4 is 6.09 Å². The van der Waals surface area contributed by atoms with Crippen molar-refractivity contribution < 1.29 is 19.7 Å². The molecule has 1 aliphatic rings. The zero-order valence-corrected chi connectivity index (χ0v) is 17.6. The third-order valence-electron chi connectivity index (χ3n) is 5.56. The zero-order valence-electron chi connectivity index (χ0n) is 17.6. The van der Waals surface area contributed by atoms with Crippen molar-refractivity contribution in [1.29, 1.82) is 0 Å². The quantitative estimate of drug-likeness (QED) is 0.574. The number of carbonyl (C=O) groups excluding carboxylic acids is 1. The lowest BCUT2D eigenvalue weighted by atomic mass is 9.92. The maximum Gasteiger partial charge on any atom is 0.410 e. The van der Waals surface area contributed by atoms with E-state index in [2.05, 4.69) is 6.92 Å². The summed E-state index contributed by atoms with van der Waals surface area (Å²) >= 11 is 0. The summed E-state index contributed by atoms with van der Waals surface area (Å²) < 4.78 is 4.97. The molecule has 0 unspecified atom stereocenters. The molecular weight excluding hydrogens is 366 g/mol. The van der Waals surface area contributed by atoms with Crippen molar-refractivity contribution in [2.24, 2.45) is 0 Å². The maximum atomic E-state index is 12.3. The van der Waals surface area contributed by atoms with Crippen LogP contribution in [0.15, 0.2) is 30.3 Å². The Balaban J connectivity index is 2.06. The summed E-state index contributed by atoms with van der Waals surface area (Å²) in [7, 11) is 1.38. The molecule has 1 fully saturated rings. The van der Waals surface area contributed by atoms with Crippen LogP contribution in [0, 0.1) is 6.92 Å². The summed E-state index contributed by atoms with van der Waals surface area (Å²) in [6.07, 6.45) is 5.39. The van der Waals surface area contributed by atoms with Crippen LogP contribution in [0.3, 0.4) is 0 Å². The molecular formula is C24H31NO4. The highest BCUT2D eigenvalue weighted by Crippen LogP contribution is 2.43. The van der Waals surface area contributed by atoms with Crippen LogP contribution in [0.25, 0.3) is 11.1 Å². The topological polar surface area (TPSA) is 70.0 Å². The predicted octanol–water partition coefficient (Wildman–Crippen LogP) is 5.54. The first-order chi connectivity index (χ1) is 14.0. The van der Waals surface area contributed by atoms with Gasteiger partial charge in [0, 0.05) is 11.6 Å². The van der Waals surface area contributed by atoms with Gasteiger partial charge in [-0.05, 0) is 49.8 Å². The second-order valence-corrected chi connectivity index (χ2v) is 7.91. The molecule has 3 rings (SSSR count). The van der Waals surface area contributed by atoms with E-state index in [1.807, 2.05) is 31.2 Å². The molecule has 29 heavy (non-hydrogen) atoms. The molecule has 5 heteroatoms. The van der Waals surface area contributed by atoms with Crippen LogP contribution in [0.2, 0.25) is 0 Å². The second-order valence-electron chi connectivity index (χ2n) is 7.91. The number of carbonyl (C=O) groups is 1. The molecule has 2 aromatic carbocycles. The Hall–Kier alpha value is -2.69. The van der Waals surface area contributed by atoms with Crippen molar-refractivity contribution in [3.63, 3.8) is 0 Å². The highest BCUT2D eigenvalue weighted by molar-refractivity contribution is 5.79. The Kier molecular flexibility index (Phi) is 6.68. The Labute approximate surface area is 172 Å². The maximum absolute atomic E-state index is 12.3. The fourth-order valence-corrected chi connectivity index (χ4v) is 3.82. The van der Waals surface area contributed by atoms with Crippen LogP contribution in [-0.4, -0.2) is 34.4 Å². The first-order valence-electron chi connectivity index (χ1n) is 10.4. The number of phenolic OH excluding ortho intramolecular Hbond substituents is 2. The summed E-state index contributed by atoms with van der Waals surface area (Å²) in [4.78, 5) is 14.0. The smallest absolute Gasteiger partial charge is 0.410 e. The van der Waals surface area contributed by atoms with Gasteiger partial charge in [0.1, 0.15) is 11.5 Å². The molecule has 0 heterocycles. The number of amides is 1. The number of aryl methyl sites for hydroxylation is 2. The fourth-order valence-electron chi connectivity index (χ4n) is 3.82. The van der Waals surface area contributed by atoms with E-state index in [0.29, 0.717) is 11.1 Å². The Morgan fingerprint density at radius 1 is 1.21 bits per heavy atom. The molecule has 1 aliphatic carbocycles. The molecule has 5 nitrogen and oxygen atoms in total. The Bertz CT molecular complexity index is 873. The molecule has 2 N–H and O–H groups in total. The predicted molar refractivity (Wildman–Crippen MR) is 114 cm³/mol. The number of benzene rings is 2. The summed E-state index contributed by atoms with van der Waals surface area (Å²) in [5, 5.41) is 22.0. The van der Waals surface area contributed by atoms with Gasteiger partial charge in [0.05, 0.1) is 19.2 Å². The van der Waals surface area contributed by atoms with Gasteiger partial charge in [-0.15, -0.1) is 0 Å². The lowest BCUT2D eigenvalue weighted by Crippen LogP contribution is -2.32. The lowest BCUT2D eigenvalue weighted by Gasteiger charge is -2.24. The molecule has 1 amide bonds. The van der Waals surface area contributed by atoms with Gasteiger partial charge in [0.2, 0.25) is 0 Å². The average Bonchev–Trinajstić information content (AvgIpc) is 3.52. The van der Waals surface area contributed by atoms with Crippen molar-refractivity contribution in [2.45, 2.75) is 65.0 Å². The van der Waals surface area contributed by atoms with Gasteiger partial charge in [-0.1, -0.05) is 49.6 Å². The van der Waals surface area contributed by atoms with Gasteiger partial charge >= 0.3 is 6.09 Å². The van der Waals surface area contributed by atoms with E-state index >= 15 is 0 Å². The number of aromatic hydroxyl groups is 2. The van der Waals surface area contributed by atoms with Gasteiger partial charge < -0.3 is 19.8 Å². The highest BCUT2D eigenvalue weighted by Gasteiger charge is 2.34. The van der Waals surface area contributed by atoms with E-state index in [1.54, 1.807) is 11.0 Å². The third kappa shape index (κ3) is 4.84. The molecule has 2 aromatic rings. The number of unbranched alkanes of at least 4 members (excludes halogenated alkanes) is 2. The van der Waals surface area contributed by atoms with E-state index in [9.17, 15) is 15.0 Å². The van der Waals surface area contributed by atoms with Gasteiger partial charge in [0.25, 0.3) is 0 Å². The van der Waals surface area contributed by atoms with Crippen LogP contribution in [0.1, 0.15) is 55.7 Å². The molecule has 0 radical (unpaired) electrons. The fraction of sp³-hybridized carbons (Fsp3) is 0.458. The normalized spacial score (nSPS) is 13.3. The van der Waals surface area contributed by atoms with Crippen LogP contribution < -0.4 is 0 Å². The van der Waals surface area contributed by atoms with Crippen molar-refractivity contribution in [3.8, 4) is 22.6 Å². The van der Waals surface area contributed by atoms with Crippen molar-refractivity contribution in [1.82, 2.24) is 4.90 Å². The van der Waals surface area contributed by atoms with Gasteiger partial charge in [-0.25, -0.2) is 4.79 Å². The molecule has 0 spiro atoms. The van der Waals surface area contributed by atoms with Gasteiger partial charge in [0.15, 0.2) is 0 Å². The van der Waals surface area contributed by atoms with E-state index in [4.69, 9.17) is 4.74 Å². The second kappa shape index (κ2) is 9.21. The minimum absolute atomic E-state index is 0.0525. The number of phenols is 2. The first-order valence-corrected chi connectivity index (χ1v) is 10.4. The monoisotopic (exact) mass is 397 g/mol. The molecule has 0 bridgehead atoms. The van der Waals surface area contributed by atoms with Crippen LogP contribution in [0.5, 0.6) is 11.5 Å². The number of methoxy groups -OCH3 is 1. The highest BCUT2D eigenvalue weighted by atomic mass is 16.5. The number of rotatable bonds is 8. The number of hydrogen-bond acceptors (Lipinski definition) is 4. The molecule has 0 atom stereocenters. The summed E-state index contributed by atoms with van der Waals surface area (Å²) in [5.41, 5.74) is 3.82.